The van der Waals surface area contributed by atoms with Gasteiger partial charge in [-0.15, -0.1) is 0 Å². The van der Waals surface area contributed by atoms with Gasteiger partial charge in [0.15, 0.2) is 0 Å². The first-order valence-corrected chi connectivity index (χ1v) is 14.3. The maximum absolute atomic E-state index is 13.1. The number of rotatable bonds is 7. The first kappa shape index (κ1) is 25.5. The highest BCUT2D eigenvalue weighted by atomic mass is 32.2. The minimum Gasteiger partial charge on any atom is -0.388 e. The van der Waals surface area contributed by atoms with Crippen molar-refractivity contribution in [1.82, 2.24) is 23.6 Å². The molecule has 3 fully saturated rings. The van der Waals surface area contributed by atoms with Crippen molar-refractivity contribution in [2.24, 2.45) is 0 Å². The fourth-order valence-electron chi connectivity index (χ4n) is 5.67. The first-order chi connectivity index (χ1) is 17.1. The zero-order valence-electron chi connectivity index (χ0n) is 20.9. The number of aryl methyl sites for hydroxylation is 1. The summed E-state index contributed by atoms with van der Waals surface area (Å²) in [6.07, 6.45) is 6.93. The third-order valence-electron chi connectivity index (χ3n) is 7.79. The lowest BCUT2D eigenvalue weighted by Gasteiger charge is -2.32. The first-order valence-electron chi connectivity index (χ1n) is 12.9. The summed E-state index contributed by atoms with van der Waals surface area (Å²) in [6.45, 7) is 5.33. The SMILES string of the molecule is Cc1cc2cnc(NC3CCN(S(=O)(=O)NC[C@H]4CCCO4)CC3)nc2n([C@H]2CCC[C@]2(C)O)c1=O. The Bertz CT molecular complexity index is 1270. The summed E-state index contributed by atoms with van der Waals surface area (Å²) >= 11 is 0. The van der Waals surface area contributed by atoms with Gasteiger partial charge in [-0.2, -0.15) is 22.4 Å². The summed E-state index contributed by atoms with van der Waals surface area (Å²) < 4.78 is 36.7. The molecule has 11 nitrogen and oxygen atoms in total. The molecule has 3 atom stereocenters. The molecule has 1 aliphatic carbocycles. The molecule has 2 aliphatic heterocycles. The van der Waals surface area contributed by atoms with Crippen LogP contribution in [-0.4, -0.2) is 76.4 Å². The lowest BCUT2D eigenvalue weighted by Crippen LogP contribution is -2.48. The molecule has 12 heteroatoms. The van der Waals surface area contributed by atoms with Crippen LogP contribution in [0.4, 0.5) is 5.95 Å². The van der Waals surface area contributed by atoms with Gasteiger partial charge in [0.25, 0.3) is 15.8 Å². The van der Waals surface area contributed by atoms with Crippen molar-refractivity contribution in [3.05, 3.63) is 28.2 Å². The highest BCUT2D eigenvalue weighted by molar-refractivity contribution is 7.87. The normalized spacial score (nSPS) is 28.2. The molecule has 36 heavy (non-hydrogen) atoms. The van der Waals surface area contributed by atoms with E-state index in [1.54, 1.807) is 30.7 Å². The molecule has 5 rings (SSSR count). The second-order valence-electron chi connectivity index (χ2n) is 10.5. The summed E-state index contributed by atoms with van der Waals surface area (Å²) in [5.74, 6) is 0.398. The van der Waals surface area contributed by atoms with Crippen molar-refractivity contribution >= 4 is 27.2 Å². The summed E-state index contributed by atoms with van der Waals surface area (Å²) in [5.41, 5.74) is -0.0163. The Morgan fingerprint density at radius 3 is 2.67 bits per heavy atom. The van der Waals surface area contributed by atoms with Gasteiger partial charge in [-0.1, -0.05) is 0 Å². The molecule has 0 spiro atoms. The molecular formula is C24H36N6O5S. The minimum absolute atomic E-state index is 0.00674. The molecule has 3 aliphatic rings. The molecule has 2 saturated heterocycles. The predicted molar refractivity (Wildman–Crippen MR) is 136 cm³/mol. The maximum atomic E-state index is 13.1. The van der Waals surface area contributed by atoms with Crippen molar-refractivity contribution in [3.63, 3.8) is 0 Å². The molecule has 0 bridgehead atoms. The van der Waals surface area contributed by atoms with E-state index in [-0.39, 0.29) is 23.7 Å². The van der Waals surface area contributed by atoms with Crippen molar-refractivity contribution in [3.8, 4) is 0 Å². The monoisotopic (exact) mass is 520 g/mol. The molecule has 0 unspecified atom stereocenters. The molecule has 198 valence electrons. The van der Waals surface area contributed by atoms with Crippen LogP contribution in [0, 0.1) is 6.92 Å². The highest BCUT2D eigenvalue weighted by Gasteiger charge is 2.39. The van der Waals surface area contributed by atoms with Crippen LogP contribution in [0.5, 0.6) is 0 Å². The zero-order valence-corrected chi connectivity index (χ0v) is 21.8. The number of nitrogens with one attached hydrogen (secondary N) is 2. The molecule has 0 amide bonds. The van der Waals surface area contributed by atoms with Gasteiger partial charge < -0.3 is 15.2 Å². The van der Waals surface area contributed by atoms with Gasteiger partial charge in [0.05, 0.1) is 17.7 Å². The van der Waals surface area contributed by atoms with Crippen molar-refractivity contribution in [2.75, 3.05) is 31.6 Å². The van der Waals surface area contributed by atoms with Gasteiger partial charge in [0.1, 0.15) is 5.65 Å². The van der Waals surface area contributed by atoms with Crippen molar-refractivity contribution in [2.45, 2.75) is 82.6 Å². The predicted octanol–water partition coefficient (Wildman–Crippen LogP) is 1.47. The lowest BCUT2D eigenvalue weighted by molar-refractivity contribution is 0.0266. The van der Waals surface area contributed by atoms with Crippen LogP contribution in [0.15, 0.2) is 17.1 Å². The van der Waals surface area contributed by atoms with Crippen LogP contribution in [-0.2, 0) is 14.9 Å². The summed E-state index contributed by atoms with van der Waals surface area (Å²) in [7, 11) is -3.55. The smallest absolute Gasteiger partial charge is 0.279 e. The lowest BCUT2D eigenvalue weighted by atomic mass is 9.99. The fourth-order valence-corrected chi connectivity index (χ4v) is 6.94. The standard InChI is InChI=1S/C24H36N6O5S/c1-16-13-17-14-25-23(28-21(17)30(22(16)31)20-6-3-9-24(20,2)32)27-18-7-10-29(11-8-18)36(33,34)26-15-19-5-4-12-35-19/h13-14,18-20,26,32H,3-12,15H2,1-2H3,(H,25,27,28)/t19-,20+,24+/m1/s1. The van der Waals surface area contributed by atoms with Crippen LogP contribution < -0.4 is 15.6 Å². The third-order valence-corrected chi connectivity index (χ3v) is 9.36. The molecule has 0 radical (unpaired) electrons. The van der Waals surface area contributed by atoms with E-state index in [9.17, 15) is 18.3 Å². The van der Waals surface area contributed by atoms with Gasteiger partial charge in [-0.25, -0.2) is 4.98 Å². The number of aromatic nitrogens is 3. The molecule has 4 heterocycles. The van der Waals surface area contributed by atoms with E-state index in [4.69, 9.17) is 9.72 Å². The van der Waals surface area contributed by atoms with E-state index >= 15 is 0 Å². The van der Waals surface area contributed by atoms with E-state index in [1.165, 1.54) is 4.31 Å². The van der Waals surface area contributed by atoms with E-state index in [1.807, 2.05) is 0 Å². The van der Waals surface area contributed by atoms with Gasteiger partial charge in [0, 0.05) is 49.4 Å². The summed E-state index contributed by atoms with van der Waals surface area (Å²) in [4.78, 5) is 22.3. The largest absolute Gasteiger partial charge is 0.388 e. The second-order valence-corrected chi connectivity index (χ2v) is 12.3. The minimum atomic E-state index is -3.55. The Hall–Kier alpha value is -2.12. The molecule has 2 aromatic heterocycles. The second kappa shape index (κ2) is 9.97. The number of nitrogens with zero attached hydrogens (tertiary/aromatic N) is 4. The number of fused-ring (bicyclic) bond motifs is 1. The van der Waals surface area contributed by atoms with Crippen LogP contribution >= 0.6 is 0 Å². The Morgan fingerprint density at radius 2 is 2.00 bits per heavy atom. The topological polar surface area (TPSA) is 139 Å². The number of ether oxygens (including phenoxy) is 1. The van der Waals surface area contributed by atoms with Crippen LogP contribution in [0.2, 0.25) is 0 Å². The van der Waals surface area contributed by atoms with Gasteiger partial charge >= 0.3 is 0 Å². The Kier molecular flexibility index (Phi) is 7.07. The summed E-state index contributed by atoms with van der Waals surface area (Å²) in [5, 5.41) is 15.0. The highest BCUT2D eigenvalue weighted by Crippen LogP contribution is 2.39. The molecule has 3 N–H and O–H groups in total. The molecule has 2 aromatic rings. The number of anilines is 1. The van der Waals surface area contributed by atoms with Gasteiger partial charge in [-0.05, 0) is 64.9 Å². The molecular weight excluding hydrogens is 484 g/mol. The number of piperidine rings is 1. The Balaban J connectivity index is 1.28. The number of hydrogen-bond donors (Lipinski definition) is 3. The quantitative estimate of drug-likeness (QED) is 0.499. The van der Waals surface area contributed by atoms with Gasteiger partial charge in [-0.3, -0.25) is 9.36 Å². The van der Waals surface area contributed by atoms with Crippen molar-refractivity contribution in [1.29, 1.82) is 0 Å². The molecule has 0 aromatic carbocycles. The van der Waals surface area contributed by atoms with E-state index < -0.39 is 15.8 Å². The Morgan fingerprint density at radius 1 is 1.22 bits per heavy atom. The average molecular weight is 521 g/mol. The zero-order chi connectivity index (χ0) is 25.5. The summed E-state index contributed by atoms with van der Waals surface area (Å²) in [6, 6.07) is 1.45. The number of hydrogen-bond acceptors (Lipinski definition) is 8. The average Bonchev–Trinajstić information content (AvgIpc) is 3.49. The molecule has 1 saturated carbocycles. The van der Waals surface area contributed by atoms with E-state index in [0.717, 1.165) is 24.6 Å². The third kappa shape index (κ3) is 5.14. The van der Waals surface area contributed by atoms with Gasteiger partial charge in [0.2, 0.25) is 5.95 Å². The van der Waals surface area contributed by atoms with Crippen molar-refractivity contribution < 1.29 is 18.3 Å². The number of aliphatic hydroxyl groups is 1. The van der Waals surface area contributed by atoms with E-state index in [0.29, 0.717) is 69.1 Å². The van der Waals surface area contributed by atoms with Crippen LogP contribution in [0.25, 0.3) is 11.0 Å². The van der Waals surface area contributed by atoms with E-state index in [2.05, 4.69) is 15.0 Å². The Labute approximate surface area is 211 Å². The number of pyridine rings is 1. The van der Waals surface area contributed by atoms with Crippen LogP contribution in [0.3, 0.4) is 0 Å². The fraction of sp³-hybridized carbons (Fsp3) is 0.708. The van der Waals surface area contributed by atoms with Crippen LogP contribution in [0.1, 0.15) is 63.5 Å². The maximum Gasteiger partial charge on any atom is 0.279 e.